The Hall–Kier alpha value is -1.58. The molecule has 0 spiro atoms. The summed E-state index contributed by atoms with van der Waals surface area (Å²) < 4.78 is 10.8. The maximum absolute atomic E-state index is 5.56. The minimum atomic E-state index is 0.0358. The fourth-order valence-electron chi connectivity index (χ4n) is 1.74. The maximum atomic E-state index is 5.56. The molecule has 16 heavy (non-hydrogen) atoms. The van der Waals surface area contributed by atoms with Gasteiger partial charge in [-0.05, 0) is 38.8 Å². The van der Waals surface area contributed by atoms with Crippen LogP contribution in [0.2, 0.25) is 0 Å². The van der Waals surface area contributed by atoms with E-state index in [4.69, 9.17) is 8.94 Å². The van der Waals surface area contributed by atoms with Gasteiger partial charge in [0.05, 0.1) is 5.92 Å². The Labute approximate surface area is 93.7 Å². The summed E-state index contributed by atoms with van der Waals surface area (Å²) in [5, 5.41) is 4.00. The molecule has 0 aliphatic heterocycles. The normalized spacial score (nSPS) is 17.6. The highest BCUT2D eigenvalue weighted by molar-refractivity contribution is 5.16. The van der Waals surface area contributed by atoms with E-state index in [-0.39, 0.29) is 5.92 Å². The van der Waals surface area contributed by atoms with Crippen molar-refractivity contribution in [3.05, 3.63) is 35.4 Å². The first-order valence-corrected chi connectivity index (χ1v) is 5.64. The topological polar surface area (TPSA) is 52.1 Å². The van der Waals surface area contributed by atoms with Crippen molar-refractivity contribution in [1.29, 1.82) is 0 Å². The molecule has 0 unspecified atom stereocenters. The number of rotatable bonds is 3. The molecule has 2 heterocycles. The van der Waals surface area contributed by atoms with E-state index in [1.807, 2.05) is 26.0 Å². The number of hydrogen-bond donors (Lipinski definition) is 0. The molecule has 0 N–H and O–H groups in total. The first kappa shape index (κ1) is 9.63. The van der Waals surface area contributed by atoms with Crippen molar-refractivity contribution in [2.24, 2.45) is 0 Å². The van der Waals surface area contributed by atoms with Crippen LogP contribution in [0, 0.1) is 6.92 Å². The lowest BCUT2D eigenvalue weighted by Crippen LogP contribution is -1.94. The van der Waals surface area contributed by atoms with E-state index in [0.29, 0.717) is 11.8 Å². The highest BCUT2D eigenvalue weighted by atomic mass is 16.5. The van der Waals surface area contributed by atoms with Gasteiger partial charge in [-0.1, -0.05) is 5.16 Å². The summed E-state index contributed by atoms with van der Waals surface area (Å²) in [6, 6.07) is 3.91. The van der Waals surface area contributed by atoms with Crippen LogP contribution in [0.25, 0.3) is 0 Å². The zero-order valence-corrected chi connectivity index (χ0v) is 9.43. The monoisotopic (exact) mass is 218 g/mol. The van der Waals surface area contributed by atoms with Gasteiger partial charge in [-0.15, -0.1) is 0 Å². The smallest absolute Gasteiger partial charge is 0.237 e. The molecule has 0 bridgehead atoms. The number of furan rings is 1. The molecule has 3 rings (SSSR count). The Morgan fingerprint density at radius 3 is 2.81 bits per heavy atom. The van der Waals surface area contributed by atoms with Crippen molar-refractivity contribution >= 4 is 0 Å². The lowest BCUT2D eigenvalue weighted by atomic mass is 10.1. The van der Waals surface area contributed by atoms with Gasteiger partial charge in [0, 0.05) is 5.92 Å². The Bertz CT molecular complexity index is 497. The lowest BCUT2D eigenvalue weighted by Gasteiger charge is -2.00. The lowest BCUT2D eigenvalue weighted by molar-refractivity contribution is 0.348. The summed E-state index contributed by atoms with van der Waals surface area (Å²) in [7, 11) is 0. The average molecular weight is 218 g/mol. The predicted molar refractivity (Wildman–Crippen MR) is 57.2 cm³/mol. The van der Waals surface area contributed by atoms with Crippen LogP contribution >= 0.6 is 0 Å². The van der Waals surface area contributed by atoms with Gasteiger partial charge in [-0.2, -0.15) is 4.98 Å². The maximum Gasteiger partial charge on any atom is 0.237 e. The van der Waals surface area contributed by atoms with Crippen LogP contribution in [0.15, 0.2) is 21.1 Å². The molecule has 0 radical (unpaired) electrons. The molecule has 1 aliphatic rings. The van der Waals surface area contributed by atoms with E-state index in [1.54, 1.807) is 0 Å². The van der Waals surface area contributed by atoms with E-state index in [9.17, 15) is 0 Å². The fraction of sp³-hybridized carbons (Fsp3) is 0.500. The van der Waals surface area contributed by atoms with E-state index in [1.165, 1.54) is 12.8 Å². The zero-order chi connectivity index (χ0) is 11.1. The highest BCUT2D eigenvalue weighted by Crippen LogP contribution is 2.38. The summed E-state index contributed by atoms with van der Waals surface area (Å²) in [4.78, 5) is 4.42. The Morgan fingerprint density at radius 1 is 1.38 bits per heavy atom. The number of hydrogen-bond acceptors (Lipinski definition) is 4. The molecule has 1 fully saturated rings. The Kier molecular flexibility index (Phi) is 2.09. The highest BCUT2D eigenvalue weighted by Gasteiger charge is 2.30. The van der Waals surface area contributed by atoms with Crippen molar-refractivity contribution in [2.75, 3.05) is 0 Å². The van der Waals surface area contributed by atoms with E-state index in [0.717, 1.165) is 17.3 Å². The third-order valence-electron chi connectivity index (χ3n) is 2.96. The molecule has 0 amide bonds. The summed E-state index contributed by atoms with van der Waals surface area (Å²) in [5.41, 5.74) is 0. The fourth-order valence-corrected chi connectivity index (χ4v) is 1.74. The predicted octanol–water partition coefficient (Wildman–Crippen LogP) is 3.00. The largest absolute Gasteiger partial charge is 0.466 e. The van der Waals surface area contributed by atoms with Crippen LogP contribution < -0.4 is 0 Å². The Balaban J connectivity index is 1.84. The Morgan fingerprint density at radius 2 is 2.19 bits per heavy atom. The van der Waals surface area contributed by atoms with Gasteiger partial charge in [0.15, 0.2) is 5.82 Å². The molecule has 1 atom stereocenters. The minimum absolute atomic E-state index is 0.0358. The first-order valence-electron chi connectivity index (χ1n) is 5.64. The van der Waals surface area contributed by atoms with Crippen molar-refractivity contribution in [3.8, 4) is 0 Å². The SMILES string of the molecule is Cc1ccc([C@H](C)c2nc(C3CC3)no2)o1. The zero-order valence-electron chi connectivity index (χ0n) is 9.43. The molecule has 0 aromatic carbocycles. The minimum Gasteiger partial charge on any atom is -0.466 e. The van der Waals surface area contributed by atoms with Gasteiger partial charge in [0.25, 0.3) is 0 Å². The van der Waals surface area contributed by atoms with Crippen molar-refractivity contribution in [3.63, 3.8) is 0 Å². The third-order valence-corrected chi connectivity index (χ3v) is 2.96. The van der Waals surface area contributed by atoms with Gasteiger partial charge < -0.3 is 8.94 Å². The summed E-state index contributed by atoms with van der Waals surface area (Å²) in [5.74, 6) is 3.85. The second kappa shape index (κ2) is 3.47. The summed E-state index contributed by atoms with van der Waals surface area (Å²) in [6.07, 6.45) is 2.38. The van der Waals surface area contributed by atoms with E-state index < -0.39 is 0 Å². The van der Waals surface area contributed by atoms with Crippen molar-refractivity contribution < 1.29 is 8.94 Å². The third kappa shape index (κ3) is 1.64. The van der Waals surface area contributed by atoms with Gasteiger partial charge in [0.1, 0.15) is 11.5 Å². The number of aromatic nitrogens is 2. The van der Waals surface area contributed by atoms with Crippen LogP contribution in [-0.2, 0) is 0 Å². The van der Waals surface area contributed by atoms with Crippen molar-refractivity contribution in [1.82, 2.24) is 10.1 Å². The molecule has 0 saturated heterocycles. The molecule has 2 aromatic rings. The van der Waals surface area contributed by atoms with Crippen molar-refractivity contribution in [2.45, 2.75) is 38.5 Å². The van der Waals surface area contributed by atoms with Crippen LogP contribution in [0.3, 0.4) is 0 Å². The van der Waals surface area contributed by atoms with E-state index in [2.05, 4.69) is 10.1 Å². The molecule has 2 aromatic heterocycles. The summed E-state index contributed by atoms with van der Waals surface area (Å²) >= 11 is 0. The average Bonchev–Trinajstić information content (AvgIpc) is 2.86. The molecular formula is C12H14N2O2. The number of nitrogens with zero attached hydrogens (tertiary/aromatic N) is 2. The van der Waals surface area contributed by atoms with Gasteiger partial charge in [-0.3, -0.25) is 0 Å². The molecule has 1 aliphatic carbocycles. The molecular weight excluding hydrogens is 204 g/mol. The molecule has 84 valence electrons. The van der Waals surface area contributed by atoms with Gasteiger partial charge in [-0.25, -0.2) is 0 Å². The molecule has 1 saturated carbocycles. The first-order chi connectivity index (χ1) is 7.74. The second-order valence-corrected chi connectivity index (χ2v) is 4.44. The standard InChI is InChI=1S/C12H14N2O2/c1-7-3-6-10(15-7)8(2)12-13-11(14-16-12)9-4-5-9/h3,6,8-9H,4-5H2,1-2H3/t8-/m0/s1. The number of aryl methyl sites for hydroxylation is 1. The molecule has 4 nitrogen and oxygen atoms in total. The van der Waals surface area contributed by atoms with Gasteiger partial charge in [0.2, 0.25) is 5.89 Å². The second-order valence-electron chi connectivity index (χ2n) is 4.44. The quantitative estimate of drug-likeness (QED) is 0.794. The van der Waals surface area contributed by atoms with Gasteiger partial charge >= 0.3 is 0 Å². The van der Waals surface area contributed by atoms with Crippen LogP contribution in [-0.4, -0.2) is 10.1 Å². The van der Waals surface area contributed by atoms with Crippen LogP contribution in [0.1, 0.15) is 54.8 Å². The van der Waals surface area contributed by atoms with Crippen LogP contribution in [0.5, 0.6) is 0 Å². The molecule has 4 heteroatoms. The van der Waals surface area contributed by atoms with Crippen LogP contribution in [0.4, 0.5) is 0 Å². The van der Waals surface area contributed by atoms with E-state index >= 15 is 0 Å². The summed E-state index contributed by atoms with van der Waals surface area (Å²) in [6.45, 7) is 3.95.